The molecule has 0 saturated heterocycles. The van der Waals surface area contributed by atoms with E-state index < -0.39 is 0 Å². The second kappa shape index (κ2) is 4.34. The molecule has 0 spiro atoms. The van der Waals surface area contributed by atoms with E-state index >= 15 is 0 Å². The summed E-state index contributed by atoms with van der Waals surface area (Å²) in [5.74, 6) is 0.455. The molecule has 2 rings (SSSR count). The molecule has 0 heterocycles. The van der Waals surface area contributed by atoms with Crippen molar-refractivity contribution in [3.63, 3.8) is 0 Å². The van der Waals surface area contributed by atoms with Crippen LogP contribution in [-0.4, -0.2) is 5.91 Å². The van der Waals surface area contributed by atoms with Crippen molar-refractivity contribution in [2.45, 2.75) is 25.8 Å². The van der Waals surface area contributed by atoms with E-state index in [0.717, 1.165) is 24.1 Å². The number of carbonyl (C=O) groups excluding carboxylic acids is 1. The van der Waals surface area contributed by atoms with Crippen molar-refractivity contribution in [2.24, 2.45) is 5.92 Å². The summed E-state index contributed by atoms with van der Waals surface area (Å²) in [5, 5.41) is 2.94. The van der Waals surface area contributed by atoms with Gasteiger partial charge in [-0.2, -0.15) is 0 Å². The fraction of sp³-hybridized carbons (Fsp3) is 0.417. The zero-order chi connectivity index (χ0) is 10.7. The number of nitrogens with one attached hydrogen (secondary N) is 1. The van der Waals surface area contributed by atoms with Crippen molar-refractivity contribution in [2.75, 3.05) is 5.73 Å². The Hall–Kier alpha value is -1.51. The summed E-state index contributed by atoms with van der Waals surface area (Å²) in [6.45, 7) is 0.607. The van der Waals surface area contributed by atoms with Crippen LogP contribution in [0.3, 0.4) is 0 Å². The largest absolute Gasteiger partial charge is 0.399 e. The first-order valence-electron chi connectivity index (χ1n) is 5.38. The molecule has 1 saturated carbocycles. The number of amides is 1. The van der Waals surface area contributed by atoms with Crippen LogP contribution in [0.1, 0.15) is 24.8 Å². The Labute approximate surface area is 89.7 Å². The number of anilines is 1. The lowest BCUT2D eigenvalue weighted by Gasteiger charge is -2.24. The van der Waals surface area contributed by atoms with Crippen LogP contribution in [0.15, 0.2) is 24.3 Å². The number of hydrogen-bond acceptors (Lipinski definition) is 2. The van der Waals surface area contributed by atoms with Crippen LogP contribution in [-0.2, 0) is 11.3 Å². The van der Waals surface area contributed by atoms with Crippen molar-refractivity contribution in [3.8, 4) is 0 Å². The topological polar surface area (TPSA) is 55.1 Å². The molecule has 0 bridgehead atoms. The average Bonchev–Trinajstić information content (AvgIpc) is 2.14. The fourth-order valence-corrected chi connectivity index (χ4v) is 1.64. The molecule has 1 aliphatic rings. The van der Waals surface area contributed by atoms with E-state index in [1.165, 1.54) is 6.42 Å². The molecule has 0 atom stereocenters. The predicted molar refractivity (Wildman–Crippen MR) is 60.0 cm³/mol. The molecule has 1 aromatic rings. The number of nitrogens with two attached hydrogens (primary N) is 1. The van der Waals surface area contributed by atoms with E-state index in [1.54, 1.807) is 0 Å². The molecule has 15 heavy (non-hydrogen) atoms. The first kappa shape index (κ1) is 10.0. The average molecular weight is 204 g/mol. The highest BCUT2D eigenvalue weighted by Gasteiger charge is 2.24. The maximum atomic E-state index is 11.5. The van der Waals surface area contributed by atoms with Crippen molar-refractivity contribution < 1.29 is 4.79 Å². The van der Waals surface area contributed by atoms with Gasteiger partial charge in [-0.15, -0.1) is 0 Å². The standard InChI is InChI=1S/C12H16N2O/c13-11-6-4-9(5-7-11)8-14-12(15)10-2-1-3-10/h4-7,10H,1-3,8,13H2,(H,14,15). The van der Waals surface area contributed by atoms with Gasteiger partial charge in [-0.1, -0.05) is 18.6 Å². The number of rotatable bonds is 3. The fourth-order valence-electron chi connectivity index (χ4n) is 1.64. The number of carbonyl (C=O) groups is 1. The van der Waals surface area contributed by atoms with Crippen LogP contribution in [0.4, 0.5) is 5.69 Å². The number of benzene rings is 1. The molecule has 0 radical (unpaired) electrons. The highest BCUT2D eigenvalue weighted by Crippen LogP contribution is 2.26. The number of hydrogen-bond donors (Lipinski definition) is 2. The van der Waals surface area contributed by atoms with Crippen LogP contribution < -0.4 is 11.1 Å². The van der Waals surface area contributed by atoms with E-state index in [2.05, 4.69) is 5.32 Å². The third kappa shape index (κ3) is 2.49. The molecule has 0 aromatic heterocycles. The predicted octanol–water partition coefficient (Wildman–Crippen LogP) is 1.69. The Morgan fingerprint density at radius 2 is 2.00 bits per heavy atom. The zero-order valence-corrected chi connectivity index (χ0v) is 8.70. The molecule has 3 heteroatoms. The van der Waals surface area contributed by atoms with Gasteiger partial charge in [-0.05, 0) is 30.5 Å². The SMILES string of the molecule is Nc1ccc(CNC(=O)C2CCC2)cc1. The smallest absolute Gasteiger partial charge is 0.223 e. The maximum absolute atomic E-state index is 11.5. The molecular weight excluding hydrogens is 188 g/mol. The molecule has 1 fully saturated rings. The summed E-state index contributed by atoms with van der Waals surface area (Å²) in [4.78, 5) is 11.5. The normalized spacial score (nSPS) is 15.7. The van der Waals surface area contributed by atoms with Gasteiger partial charge >= 0.3 is 0 Å². The molecule has 80 valence electrons. The zero-order valence-electron chi connectivity index (χ0n) is 8.70. The van der Waals surface area contributed by atoms with Gasteiger partial charge in [0.1, 0.15) is 0 Å². The summed E-state index contributed by atoms with van der Waals surface area (Å²) >= 11 is 0. The summed E-state index contributed by atoms with van der Waals surface area (Å²) in [6, 6.07) is 7.59. The highest BCUT2D eigenvalue weighted by molar-refractivity contribution is 5.79. The Bertz CT molecular complexity index is 341. The molecular formula is C12H16N2O. The third-order valence-electron chi connectivity index (χ3n) is 2.92. The molecule has 1 amide bonds. The van der Waals surface area contributed by atoms with Crippen LogP contribution in [0.5, 0.6) is 0 Å². The van der Waals surface area contributed by atoms with Gasteiger partial charge in [0.2, 0.25) is 5.91 Å². The van der Waals surface area contributed by atoms with E-state index in [9.17, 15) is 4.79 Å². The summed E-state index contributed by atoms with van der Waals surface area (Å²) in [6.07, 6.45) is 3.29. The maximum Gasteiger partial charge on any atom is 0.223 e. The number of nitrogen functional groups attached to an aromatic ring is 1. The Balaban J connectivity index is 1.82. The van der Waals surface area contributed by atoms with Gasteiger partial charge in [0.15, 0.2) is 0 Å². The molecule has 0 aliphatic heterocycles. The van der Waals surface area contributed by atoms with Crippen LogP contribution >= 0.6 is 0 Å². The molecule has 1 aliphatic carbocycles. The summed E-state index contributed by atoms with van der Waals surface area (Å²) < 4.78 is 0. The molecule has 3 N–H and O–H groups in total. The van der Waals surface area contributed by atoms with E-state index in [4.69, 9.17) is 5.73 Å². The minimum Gasteiger partial charge on any atom is -0.399 e. The van der Waals surface area contributed by atoms with Crippen molar-refractivity contribution in [1.29, 1.82) is 0 Å². The highest BCUT2D eigenvalue weighted by atomic mass is 16.1. The van der Waals surface area contributed by atoms with Gasteiger partial charge in [-0.3, -0.25) is 4.79 Å². The van der Waals surface area contributed by atoms with Crippen LogP contribution in [0.2, 0.25) is 0 Å². The first-order chi connectivity index (χ1) is 7.25. The van der Waals surface area contributed by atoms with Gasteiger partial charge in [0.25, 0.3) is 0 Å². The third-order valence-corrected chi connectivity index (χ3v) is 2.92. The Morgan fingerprint density at radius 3 is 2.53 bits per heavy atom. The summed E-state index contributed by atoms with van der Waals surface area (Å²) in [5.41, 5.74) is 7.42. The van der Waals surface area contributed by atoms with Crippen molar-refractivity contribution >= 4 is 11.6 Å². The monoisotopic (exact) mass is 204 g/mol. The van der Waals surface area contributed by atoms with E-state index in [0.29, 0.717) is 6.54 Å². The minimum atomic E-state index is 0.193. The second-order valence-electron chi connectivity index (χ2n) is 4.09. The lowest BCUT2D eigenvalue weighted by molar-refractivity contribution is -0.127. The van der Waals surface area contributed by atoms with Crippen molar-refractivity contribution in [3.05, 3.63) is 29.8 Å². The Kier molecular flexibility index (Phi) is 2.90. The minimum absolute atomic E-state index is 0.193. The van der Waals surface area contributed by atoms with Gasteiger partial charge in [-0.25, -0.2) is 0 Å². The van der Waals surface area contributed by atoms with Gasteiger partial charge < -0.3 is 11.1 Å². The van der Waals surface area contributed by atoms with Gasteiger partial charge in [0.05, 0.1) is 0 Å². The van der Waals surface area contributed by atoms with E-state index in [1.807, 2.05) is 24.3 Å². The van der Waals surface area contributed by atoms with Crippen LogP contribution in [0, 0.1) is 5.92 Å². The lowest BCUT2D eigenvalue weighted by atomic mass is 9.85. The second-order valence-corrected chi connectivity index (χ2v) is 4.09. The van der Waals surface area contributed by atoms with Crippen LogP contribution in [0.25, 0.3) is 0 Å². The van der Waals surface area contributed by atoms with Gasteiger partial charge in [0, 0.05) is 18.2 Å². The first-order valence-corrected chi connectivity index (χ1v) is 5.38. The summed E-state index contributed by atoms with van der Waals surface area (Å²) in [7, 11) is 0. The molecule has 3 nitrogen and oxygen atoms in total. The lowest BCUT2D eigenvalue weighted by Crippen LogP contribution is -2.33. The molecule has 0 unspecified atom stereocenters. The quantitative estimate of drug-likeness (QED) is 0.736. The Morgan fingerprint density at radius 1 is 1.33 bits per heavy atom. The van der Waals surface area contributed by atoms with E-state index in [-0.39, 0.29) is 11.8 Å². The van der Waals surface area contributed by atoms with Crippen molar-refractivity contribution in [1.82, 2.24) is 5.32 Å². The molecule has 1 aromatic carbocycles.